The second-order valence-corrected chi connectivity index (χ2v) is 5.73. The molecule has 0 spiro atoms. The molecule has 17 heavy (non-hydrogen) atoms. The first-order chi connectivity index (χ1) is 7.46. The third-order valence-electron chi connectivity index (χ3n) is 4.08. The van der Waals surface area contributed by atoms with E-state index in [4.69, 9.17) is 9.47 Å². The monoisotopic (exact) mass is 240 g/mol. The van der Waals surface area contributed by atoms with Crippen molar-refractivity contribution < 1.29 is 19.1 Å². The number of rotatable bonds is 2. The average molecular weight is 240 g/mol. The maximum Gasteiger partial charge on any atom is 0.351 e. The van der Waals surface area contributed by atoms with Gasteiger partial charge in [0.25, 0.3) is 0 Å². The van der Waals surface area contributed by atoms with Crippen molar-refractivity contribution in [2.75, 3.05) is 0 Å². The summed E-state index contributed by atoms with van der Waals surface area (Å²) >= 11 is 0. The van der Waals surface area contributed by atoms with Crippen molar-refractivity contribution in [2.45, 2.75) is 52.7 Å². The van der Waals surface area contributed by atoms with Crippen LogP contribution in [0.15, 0.2) is 12.2 Å². The van der Waals surface area contributed by atoms with Gasteiger partial charge >= 0.3 is 11.9 Å². The highest BCUT2D eigenvalue weighted by Gasteiger charge is 2.66. The Kier molecular flexibility index (Phi) is 2.90. The summed E-state index contributed by atoms with van der Waals surface area (Å²) in [5, 5.41) is 0. The zero-order valence-corrected chi connectivity index (χ0v) is 11.3. The van der Waals surface area contributed by atoms with Crippen LogP contribution in [0.2, 0.25) is 0 Å². The van der Waals surface area contributed by atoms with Crippen molar-refractivity contribution in [2.24, 2.45) is 5.41 Å². The summed E-state index contributed by atoms with van der Waals surface area (Å²) in [6.45, 7) is 14.0. The van der Waals surface area contributed by atoms with Gasteiger partial charge in [0.15, 0.2) is 0 Å². The van der Waals surface area contributed by atoms with Gasteiger partial charge in [0.2, 0.25) is 5.60 Å². The summed E-state index contributed by atoms with van der Waals surface area (Å²) in [4.78, 5) is 23.6. The number of carbonyl (C=O) groups is 2. The van der Waals surface area contributed by atoms with Crippen LogP contribution in [-0.2, 0) is 19.1 Å². The van der Waals surface area contributed by atoms with E-state index in [2.05, 4.69) is 6.58 Å². The molecule has 0 radical (unpaired) electrons. The molecule has 1 aliphatic rings. The van der Waals surface area contributed by atoms with Gasteiger partial charge in [-0.15, -0.1) is 0 Å². The van der Waals surface area contributed by atoms with Crippen molar-refractivity contribution in [3.63, 3.8) is 0 Å². The lowest BCUT2D eigenvalue weighted by Crippen LogP contribution is -2.52. The number of ether oxygens (including phenoxy) is 2. The van der Waals surface area contributed by atoms with Crippen LogP contribution in [-0.4, -0.2) is 23.1 Å². The summed E-state index contributed by atoms with van der Waals surface area (Å²) in [6.07, 6.45) is 0. The molecule has 1 heterocycles. The minimum Gasteiger partial charge on any atom is -0.456 e. The fourth-order valence-corrected chi connectivity index (χ4v) is 1.73. The number of hydrogen-bond donors (Lipinski definition) is 0. The van der Waals surface area contributed by atoms with Gasteiger partial charge in [-0.25, -0.2) is 9.59 Å². The molecule has 1 unspecified atom stereocenters. The van der Waals surface area contributed by atoms with Gasteiger partial charge in [-0.2, -0.15) is 0 Å². The Hall–Kier alpha value is -1.32. The minimum atomic E-state index is -1.29. The number of hydrogen-bond acceptors (Lipinski definition) is 4. The summed E-state index contributed by atoms with van der Waals surface area (Å²) in [5.74, 6) is -1.09. The molecule has 0 aliphatic carbocycles. The number of esters is 2. The number of carbonyl (C=O) groups excluding carboxylic acids is 2. The third kappa shape index (κ3) is 1.75. The molecule has 0 amide bonds. The van der Waals surface area contributed by atoms with Crippen molar-refractivity contribution in [1.82, 2.24) is 0 Å². The molecule has 0 saturated carbocycles. The smallest absolute Gasteiger partial charge is 0.351 e. The van der Waals surface area contributed by atoms with Crippen LogP contribution in [0.3, 0.4) is 0 Å². The molecule has 1 atom stereocenters. The van der Waals surface area contributed by atoms with Gasteiger partial charge < -0.3 is 9.47 Å². The highest BCUT2D eigenvalue weighted by molar-refractivity contribution is 5.92. The number of cyclic esters (lactones) is 1. The van der Waals surface area contributed by atoms with E-state index in [1.54, 1.807) is 13.8 Å². The highest BCUT2D eigenvalue weighted by atomic mass is 16.6. The second-order valence-electron chi connectivity index (χ2n) is 5.73. The van der Waals surface area contributed by atoms with Crippen molar-refractivity contribution in [3.05, 3.63) is 12.2 Å². The van der Waals surface area contributed by atoms with Crippen LogP contribution in [0, 0.1) is 5.41 Å². The van der Waals surface area contributed by atoms with E-state index in [1.165, 1.54) is 0 Å². The Morgan fingerprint density at radius 2 is 1.71 bits per heavy atom. The molecular formula is C13H20O4. The predicted molar refractivity (Wildman–Crippen MR) is 63.3 cm³/mol. The molecule has 0 bridgehead atoms. The molecule has 1 saturated heterocycles. The molecule has 4 heteroatoms. The van der Waals surface area contributed by atoms with Crippen LogP contribution < -0.4 is 0 Å². The molecule has 0 aromatic rings. The predicted octanol–water partition coefficient (Wildman–Crippen LogP) is 2.23. The topological polar surface area (TPSA) is 52.6 Å². The Bertz CT molecular complexity index is 392. The highest BCUT2D eigenvalue weighted by Crippen LogP contribution is 2.51. The lowest BCUT2D eigenvalue weighted by atomic mass is 9.68. The normalized spacial score (nSPS) is 29.6. The summed E-state index contributed by atoms with van der Waals surface area (Å²) in [6, 6.07) is 0. The van der Waals surface area contributed by atoms with Crippen molar-refractivity contribution in [1.29, 1.82) is 0 Å². The van der Waals surface area contributed by atoms with Gasteiger partial charge in [0.1, 0.15) is 5.60 Å². The van der Waals surface area contributed by atoms with Gasteiger partial charge in [0.05, 0.1) is 5.41 Å². The lowest BCUT2D eigenvalue weighted by Gasteiger charge is -2.39. The average Bonchev–Trinajstić information content (AvgIpc) is 2.25. The Balaban J connectivity index is 3.15. The first-order valence-corrected chi connectivity index (χ1v) is 5.58. The molecule has 96 valence electrons. The lowest BCUT2D eigenvalue weighted by molar-refractivity contribution is -0.174. The molecule has 1 fully saturated rings. The maximum absolute atomic E-state index is 12.0. The van der Waals surface area contributed by atoms with Crippen LogP contribution in [0.5, 0.6) is 0 Å². The van der Waals surface area contributed by atoms with Crippen LogP contribution in [0.25, 0.3) is 0 Å². The summed E-state index contributed by atoms with van der Waals surface area (Å²) in [7, 11) is 0. The van der Waals surface area contributed by atoms with E-state index in [0.29, 0.717) is 0 Å². The second kappa shape index (κ2) is 3.59. The largest absolute Gasteiger partial charge is 0.456 e. The maximum atomic E-state index is 12.0. The van der Waals surface area contributed by atoms with Gasteiger partial charge in [-0.1, -0.05) is 20.4 Å². The zero-order chi connectivity index (χ0) is 13.6. The van der Waals surface area contributed by atoms with Gasteiger partial charge in [-0.3, -0.25) is 0 Å². The zero-order valence-electron chi connectivity index (χ0n) is 11.3. The molecular weight excluding hydrogens is 220 g/mol. The molecule has 1 rings (SSSR count). The summed E-state index contributed by atoms with van der Waals surface area (Å²) in [5.41, 5.74) is -2.33. The minimum absolute atomic E-state index is 0.263. The molecule has 0 N–H and O–H groups in total. The standard InChI is InChI=1S/C13H20O4/c1-8(2)9(14)16-13(7)10(15)17-12(5,6)11(13,3)4/h1H2,2-7H3. The van der Waals surface area contributed by atoms with Crippen LogP contribution in [0.1, 0.15) is 41.5 Å². The van der Waals surface area contributed by atoms with E-state index < -0.39 is 28.6 Å². The fourth-order valence-electron chi connectivity index (χ4n) is 1.73. The summed E-state index contributed by atoms with van der Waals surface area (Å²) < 4.78 is 10.6. The van der Waals surface area contributed by atoms with E-state index in [-0.39, 0.29) is 5.57 Å². The molecule has 0 aromatic heterocycles. The van der Waals surface area contributed by atoms with E-state index in [9.17, 15) is 9.59 Å². The first kappa shape index (κ1) is 13.7. The third-order valence-corrected chi connectivity index (χ3v) is 4.08. The fraction of sp³-hybridized carbons (Fsp3) is 0.692. The molecule has 0 aromatic carbocycles. The van der Waals surface area contributed by atoms with E-state index in [1.807, 2.05) is 27.7 Å². The quantitative estimate of drug-likeness (QED) is 0.548. The van der Waals surface area contributed by atoms with Crippen molar-refractivity contribution >= 4 is 11.9 Å². The van der Waals surface area contributed by atoms with Gasteiger partial charge in [-0.05, 0) is 27.7 Å². The van der Waals surface area contributed by atoms with Crippen molar-refractivity contribution in [3.8, 4) is 0 Å². The van der Waals surface area contributed by atoms with E-state index >= 15 is 0 Å². The Morgan fingerprint density at radius 1 is 1.24 bits per heavy atom. The van der Waals surface area contributed by atoms with Crippen LogP contribution in [0.4, 0.5) is 0 Å². The van der Waals surface area contributed by atoms with Gasteiger partial charge in [0, 0.05) is 5.57 Å². The molecule has 4 nitrogen and oxygen atoms in total. The Labute approximate surface area is 102 Å². The first-order valence-electron chi connectivity index (χ1n) is 5.58. The van der Waals surface area contributed by atoms with E-state index in [0.717, 1.165) is 0 Å². The SMILES string of the molecule is C=C(C)C(=O)OC1(C)C(=O)OC(C)(C)C1(C)C. The molecule has 1 aliphatic heterocycles. The van der Waals surface area contributed by atoms with Crippen LogP contribution >= 0.6 is 0 Å². The Morgan fingerprint density at radius 3 is 2.00 bits per heavy atom.